The summed E-state index contributed by atoms with van der Waals surface area (Å²) in [7, 11) is 0. The Kier molecular flexibility index (Phi) is 3.74. The van der Waals surface area contributed by atoms with Gasteiger partial charge in [0, 0.05) is 32.1 Å². The number of nitrogens with one attached hydrogen (secondary N) is 1. The van der Waals surface area contributed by atoms with Gasteiger partial charge in [0.1, 0.15) is 5.82 Å². The van der Waals surface area contributed by atoms with Crippen LogP contribution in [0, 0.1) is 11.7 Å². The summed E-state index contributed by atoms with van der Waals surface area (Å²) in [4.78, 5) is 13.9. The molecular formula is C13H17FN2O. The van der Waals surface area contributed by atoms with E-state index in [0.717, 1.165) is 18.7 Å². The van der Waals surface area contributed by atoms with Crippen molar-refractivity contribution in [2.75, 3.05) is 19.6 Å². The van der Waals surface area contributed by atoms with Crippen molar-refractivity contribution in [2.24, 2.45) is 5.92 Å². The van der Waals surface area contributed by atoms with Crippen LogP contribution in [0.5, 0.6) is 0 Å². The van der Waals surface area contributed by atoms with E-state index in [0.29, 0.717) is 13.1 Å². The summed E-state index contributed by atoms with van der Waals surface area (Å²) >= 11 is 0. The Hall–Kier alpha value is -1.42. The van der Waals surface area contributed by atoms with Crippen molar-refractivity contribution in [1.29, 1.82) is 0 Å². The van der Waals surface area contributed by atoms with Crippen LogP contribution in [0.4, 0.5) is 4.39 Å². The van der Waals surface area contributed by atoms with Crippen molar-refractivity contribution in [3.05, 3.63) is 35.6 Å². The number of carbonyl (C=O) groups excluding carboxylic acids is 1. The molecule has 0 aromatic heterocycles. The number of nitrogens with zero attached hydrogens (tertiary/aromatic N) is 1. The van der Waals surface area contributed by atoms with Crippen molar-refractivity contribution >= 4 is 5.91 Å². The van der Waals surface area contributed by atoms with Crippen LogP contribution in [-0.4, -0.2) is 30.4 Å². The first-order valence-corrected chi connectivity index (χ1v) is 5.91. The van der Waals surface area contributed by atoms with Gasteiger partial charge in [0.25, 0.3) is 0 Å². The highest BCUT2D eigenvalue weighted by Gasteiger charge is 2.22. The first-order valence-electron chi connectivity index (χ1n) is 5.91. The predicted molar refractivity (Wildman–Crippen MR) is 63.9 cm³/mol. The zero-order chi connectivity index (χ0) is 12.3. The van der Waals surface area contributed by atoms with Crippen molar-refractivity contribution in [1.82, 2.24) is 10.2 Å². The lowest BCUT2D eigenvalue weighted by atomic mass is 10.1. The third kappa shape index (κ3) is 3.03. The molecular weight excluding hydrogens is 219 g/mol. The maximum absolute atomic E-state index is 12.8. The van der Waals surface area contributed by atoms with Crippen LogP contribution in [0.25, 0.3) is 0 Å². The molecule has 0 radical (unpaired) electrons. The van der Waals surface area contributed by atoms with E-state index < -0.39 is 0 Å². The second kappa shape index (κ2) is 5.27. The molecule has 1 unspecified atom stereocenters. The van der Waals surface area contributed by atoms with E-state index in [-0.39, 0.29) is 17.6 Å². The molecule has 1 heterocycles. The molecule has 1 aliphatic rings. The summed E-state index contributed by atoms with van der Waals surface area (Å²) in [6.07, 6.45) is 0. The highest BCUT2D eigenvalue weighted by molar-refractivity contribution is 5.79. The van der Waals surface area contributed by atoms with Crippen molar-refractivity contribution in [3.8, 4) is 0 Å². The van der Waals surface area contributed by atoms with Crippen LogP contribution in [-0.2, 0) is 11.3 Å². The normalized spacial score (nSPS) is 21.4. The van der Waals surface area contributed by atoms with E-state index in [4.69, 9.17) is 0 Å². The van der Waals surface area contributed by atoms with Crippen LogP contribution >= 0.6 is 0 Å². The molecule has 0 saturated carbocycles. The molecule has 2 rings (SSSR count). The van der Waals surface area contributed by atoms with Crippen molar-refractivity contribution in [3.63, 3.8) is 0 Å². The predicted octanol–water partition coefficient (Wildman–Crippen LogP) is 1.39. The van der Waals surface area contributed by atoms with Gasteiger partial charge in [0.2, 0.25) is 5.91 Å². The molecule has 0 bridgehead atoms. The van der Waals surface area contributed by atoms with Gasteiger partial charge in [0.05, 0.1) is 0 Å². The van der Waals surface area contributed by atoms with Gasteiger partial charge in [-0.05, 0) is 17.7 Å². The molecule has 0 spiro atoms. The highest BCUT2D eigenvalue weighted by atomic mass is 19.1. The van der Waals surface area contributed by atoms with E-state index in [1.54, 1.807) is 12.1 Å². The Morgan fingerprint density at radius 3 is 2.82 bits per heavy atom. The molecule has 1 aliphatic heterocycles. The maximum Gasteiger partial charge on any atom is 0.227 e. The Morgan fingerprint density at radius 2 is 2.12 bits per heavy atom. The summed E-state index contributed by atoms with van der Waals surface area (Å²) in [5.74, 6) is -0.0664. The monoisotopic (exact) mass is 236 g/mol. The largest absolute Gasteiger partial charge is 0.337 e. The molecule has 17 heavy (non-hydrogen) atoms. The molecule has 1 atom stereocenters. The summed E-state index contributed by atoms with van der Waals surface area (Å²) < 4.78 is 12.8. The van der Waals surface area contributed by atoms with Crippen molar-refractivity contribution in [2.45, 2.75) is 13.5 Å². The summed E-state index contributed by atoms with van der Waals surface area (Å²) in [6.45, 7) is 4.75. The van der Waals surface area contributed by atoms with Crippen molar-refractivity contribution < 1.29 is 9.18 Å². The Labute approximate surface area is 101 Å². The number of amides is 1. The lowest BCUT2D eigenvalue weighted by Gasteiger charge is -2.22. The molecule has 1 saturated heterocycles. The third-order valence-corrected chi connectivity index (χ3v) is 3.03. The number of rotatable bonds is 2. The zero-order valence-electron chi connectivity index (χ0n) is 9.95. The number of carbonyl (C=O) groups is 1. The van der Waals surface area contributed by atoms with Gasteiger partial charge in [-0.1, -0.05) is 19.1 Å². The topological polar surface area (TPSA) is 32.3 Å². The van der Waals surface area contributed by atoms with E-state index in [1.165, 1.54) is 12.1 Å². The molecule has 92 valence electrons. The van der Waals surface area contributed by atoms with Crippen LogP contribution in [0.3, 0.4) is 0 Å². The Morgan fingerprint density at radius 1 is 1.41 bits per heavy atom. The van der Waals surface area contributed by atoms with Gasteiger partial charge in [-0.2, -0.15) is 0 Å². The van der Waals surface area contributed by atoms with Crippen LogP contribution in [0.1, 0.15) is 12.5 Å². The van der Waals surface area contributed by atoms with Crippen LogP contribution in [0.2, 0.25) is 0 Å². The van der Waals surface area contributed by atoms with E-state index in [1.807, 2.05) is 11.8 Å². The lowest BCUT2D eigenvalue weighted by molar-refractivity contribution is -0.134. The maximum atomic E-state index is 12.8. The lowest BCUT2D eigenvalue weighted by Crippen LogP contribution is -2.34. The minimum absolute atomic E-state index is 0.0120. The van der Waals surface area contributed by atoms with Gasteiger partial charge in [-0.15, -0.1) is 0 Å². The average Bonchev–Trinajstić information content (AvgIpc) is 2.48. The smallest absolute Gasteiger partial charge is 0.227 e. The SMILES string of the molecule is CC1CNCCN(Cc2ccc(F)cc2)C1=O. The second-order valence-electron chi connectivity index (χ2n) is 4.49. The third-order valence-electron chi connectivity index (χ3n) is 3.03. The second-order valence-corrected chi connectivity index (χ2v) is 4.49. The fourth-order valence-corrected chi connectivity index (χ4v) is 2.01. The van der Waals surface area contributed by atoms with Gasteiger partial charge in [0.15, 0.2) is 0 Å². The molecule has 1 aromatic carbocycles. The first kappa shape index (κ1) is 12.0. The Bertz CT molecular complexity index is 391. The van der Waals surface area contributed by atoms with E-state index in [9.17, 15) is 9.18 Å². The van der Waals surface area contributed by atoms with Gasteiger partial charge in [-0.25, -0.2) is 4.39 Å². The molecule has 1 aromatic rings. The molecule has 1 fully saturated rings. The van der Waals surface area contributed by atoms with Crippen LogP contribution < -0.4 is 5.32 Å². The van der Waals surface area contributed by atoms with Gasteiger partial charge >= 0.3 is 0 Å². The minimum Gasteiger partial charge on any atom is -0.337 e. The highest BCUT2D eigenvalue weighted by Crippen LogP contribution is 2.11. The number of halogens is 1. The molecule has 3 nitrogen and oxygen atoms in total. The average molecular weight is 236 g/mol. The Balaban J connectivity index is 2.06. The minimum atomic E-state index is -0.244. The summed E-state index contributed by atoms with van der Waals surface area (Å²) in [6, 6.07) is 6.32. The summed E-state index contributed by atoms with van der Waals surface area (Å²) in [5.41, 5.74) is 0.967. The standard InChI is InChI=1S/C13H17FN2O/c1-10-8-15-6-7-16(13(10)17)9-11-2-4-12(14)5-3-11/h2-5,10,15H,6-9H2,1H3. The van der Waals surface area contributed by atoms with Gasteiger partial charge in [-0.3, -0.25) is 4.79 Å². The fraction of sp³-hybridized carbons (Fsp3) is 0.462. The summed E-state index contributed by atoms with van der Waals surface area (Å²) in [5, 5.41) is 3.23. The van der Waals surface area contributed by atoms with Gasteiger partial charge < -0.3 is 10.2 Å². The number of hydrogen-bond acceptors (Lipinski definition) is 2. The molecule has 0 aliphatic carbocycles. The van der Waals surface area contributed by atoms with E-state index in [2.05, 4.69) is 5.32 Å². The first-order chi connectivity index (χ1) is 8.16. The molecule has 1 amide bonds. The number of benzene rings is 1. The molecule has 1 N–H and O–H groups in total. The fourth-order valence-electron chi connectivity index (χ4n) is 2.01. The van der Waals surface area contributed by atoms with E-state index >= 15 is 0 Å². The number of hydrogen-bond donors (Lipinski definition) is 1. The quantitative estimate of drug-likeness (QED) is 0.841. The zero-order valence-corrected chi connectivity index (χ0v) is 9.95. The molecule has 4 heteroatoms. The van der Waals surface area contributed by atoms with Crippen LogP contribution in [0.15, 0.2) is 24.3 Å².